The van der Waals surface area contributed by atoms with Crippen LogP contribution in [0, 0.1) is 13.8 Å². The van der Waals surface area contributed by atoms with Crippen LogP contribution in [0.4, 0.5) is 0 Å². The summed E-state index contributed by atoms with van der Waals surface area (Å²) in [6.45, 7) is 6.01. The first kappa shape index (κ1) is 14.6. The summed E-state index contributed by atoms with van der Waals surface area (Å²) >= 11 is 5.27. The van der Waals surface area contributed by atoms with E-state index in [9.17, 15) is 5.11 Å². The van der Waals surface area contributed by atoms with Gasteiger partial charge in [0.05, 0.1) is 6.10 Å². The van der Waals surface area contributed by atoms with E-state index < -0.39 is 6.10 Å². The number of aryl methyl sites for hydroxylation is 2. The zero-order chi connectivity index (χ0) is 14.0. The molecular weight excluding hydrogens is 320 g/mol. The third kappa shape index (κ3) is 3.62. The fourth-order valence-electron chi connectivity index (χ4n) is 1.85. The molecule has 0 aromatic heterocycles. The van der Waals surface area contributed by atoms with E-state index in [-0.39, 0.29) is 0 Å². The second-order valence-corrected chi connectivity index (χ2v) is 6.70. The molecule has 1 nitrogen and oxygen atoms in total. The van der Waals surface area contributed by atoms with Crippen LogP contribution in [0.15, 0.2) is 50.7 Å². The fraction of sp³-hybridized carbons (Fsp3) is 0.250. The summed E-state index contributed by atoms with van der Waals surface area (Å²) < 4.78 is 0.956. The first-order valence-corrected chi connectivity index (χ1v) is 7.81. The summed E-state index contributed by atoms with van der Waals surface area (Å²) in [5.74, 6) is 0. The van der Waals surface area contributed by atoms with Crippen LogP contribution in [-0.4, -0.2) is 5.11 Å². The van der Waals surface area contributed by atoms with Crippen molar-refractivity contribution in [1.82, 2.24) is 0 Å². The second-order valence-electron chi connectivity index (χ2n) is 4.73. The van der Waals surface area contributed by atoms with E-state index in [1.165, 1.54) is 20.9 Å². The van der Waals surface area contributed by atoms with E-state index in [1.807, 2.05) is 6.07 Å². The third-order valence-corrected chi connectivity index (χ3v) is 4.83. The largest absolute Gasteiger partial charge is 0.389 e. The van der Waals surface area contributed by atoms with Crippen molar-refractivity contribution in [2.45, 2.75) is 36.7 Å². The van der Waals surface area contributed by atoms with Crippen LogP contribution >= 0.6 is 27.7 Å². The molecule has 0 fully saturated rings. The molecule has 0 saturated heterocycles. The lowest BCUT2D eigenvalue weighted by molar-refractivity contribution is 0.198. The van der Waals surface area contributed by atoms with Gasteiger partial charge in [-0.15, -0.1) is 0 Å². The van der Waals surface area contributed by atoms with Crippen molar-refractivity contribution < 1.29 is 5.11 Å². The van der Waals surface area contributed by atoms with Crippen molar-refractivity contribution in [2.24, 2.45) is 0 Å². The van der Waals surface area contributed by atoms with Crippen molar-refractivity contribution in [2.75, 3.05) is 0 Å². The van der Waals surface area contributed by atoms with Gasteiger partial charge in [-0.1, -0.05) is 45.9 Å². The minimum absolute atomic E-state index is 0.450. The lowest BCUT2D eigenvalue weighted by atomic mass is 10.1. The molecular formula is C16H17BrOS. The number of aliphatic hydroxyl groups excluding tert-OH is 1. The molecule has 1 N–H and O–H groups in total. The molecule has 0 aliphatic rings. The summed E-state index contributed by atoms with van der Waals surface area (Å²) in [6, 6.07) is 12.6. The molecule has 2 rings (SSSR count). The van der Waals surface area contributed by atoms with Gasteiger partial charge in [0, 0.05) is 14.3 Å². The van der Waals surface area contributed by atoms with E-state index >= 15 is 0 Å². The summed E-state index contributed by atoms with van der Waals surface area (Å²) in [7, 11) is 0. The smallest absolute Gasteiger partial charge is 0.0772 e. The van der Waals surface area contributed by atoms with Gasteiger partial charge in [0.15, 0.2) is 0 Å². The van der Waals surface area contributed by atoms with Crippen LogP contribution in [0.2, 0.25) is 0 Å². The topological polar surface area (TPSA) is 20.2 Å². The van der Waals surface area contributed by atoms with Crippen molar-refractivity contribution in [3.63, 3.8) is 0 Å². The van der Waals surface area contributed by atoms with Crippen molar-refractivity contribution in [1.29, 1.82) is 0 Å². The molecule has 0 saturated carbocycles. The Balaban J connectivity index is 2.29. The lowest BCUT2D eigenvalue weighted by Crippen LogP contribution is -1.92. The minimum Gasteiger partial charge on any atom is -0.389 e. The molecule has 0 amide bonds. The van der Waals surface area contributed by atoms with Crippen LogP contribution in [0.25, 0.3) is 0 Å². The Morgan fingerprint density at radius 3 is 2.47 bits per heavy atom. The van der Waals surface area contributed by atoms with Crippen molar-refractivity contribution in [3.05, 3.63) is 57.6 Å². The van der Waals surface area contributed by atoms with Crippen molar-refractivity contribution >= 4 is 27.7 Å². The van der Waals surface area contributed by atoms with Gasteiger partial charge < -0.3 is 5.11 Å². The normalized spacial score (nSPS) is 12.5. The molecule has 100 valence electrons. The highest BCUT2D eigenvalue weighted by molar-refractivity contribution is 9.10. The molecule has 0 unspecified atom stereocenters. The number of hydrogen-bond donors (Lipinski definition) is 1. The van der Waals surface area contributed by atoms with Gasteiger partial charge in [-0.25, -0.2) is 0 Å². The Kier molecular flexibility index (Phi) is 4.71. The zero-order valence-electron chi connectivity index (χ0n) is 11.3. The molecule has 0 radical (unpaired) electrons. The maximum atomic E-state index is 9.63. The van der Waals surface area contributed by atoms with Crippen LogP contribution < -0.4 is 0 Å². The molecule has 1 atom stereocenters. The Bertz CT molecular complexity index is 593. The van der Waals surface area contributed by atoms with E-state index in [1.54, 1.807) is 18.7 Å². The van der Waals surface area contributed by atoms with Crippen LogP contribution in [0.1, 0.15) is 29.7 Å². The van der Waals surface area contributed by atoms with Crippen LogP contribution in [-0.2, 0) is 0 Å². The van der Waals surface area contributed by atoms with E-state index in [4.69, 9.17) is 0 Å². The number of halogens is 1. The highest BCUT2D eigenvalue weighted by Gasteiger charge is 2.08. The SMILES string of the molecule is Cc1ccc(C)c(Sc2ccc([C@@H](C)O)c(Br)c2)c1. The molecule has 0 aliphatic carbocycles. The monoisotopic (exact) mass is 336 g/mol. The molecule has 0 bridgehead atoms. The molecule has 2 aromatic carbocycles. The molecule has 0 heterocycles. The highest BCUT2D eigenvalue weighted by Crippen LogP contribution is 2.34. The van der Waals surface area contributed by atoms with Gasteiger partial charge in [0.25, 0.3) is 0 Å². The lowest BCUT2D eigenvalue weighted by Gasteiger charge is -2.11. The average molecular weight is 337 g/mol. The predicted molar refractivity (Wildman–Crippen MR) is 84.8 cm³/mol. The van der Waals surface area contributed by atoms with Gasteiger partial charge in [0.2, 0.25) is 0 Å². The van der Waals surface area contributed by atoms with Gasteiger partial charge in [-0.2, -0.15) is 0 Å². The first-order valence-electron chi connectivity index (χ1n) is 6.20. The maximum Gasteiger partial charge on any atom is 0.0772 e. The average Bonchev–Trinajstić information content (AvgIpc) is 2.33. The van der Waals surface area contributed by atoms with Crippen LogP contribution in [0.3, 0.4) is 0 Å². The molecule has 19 heavy (non-hydrogen) atoms. The summed E-state index contributed by atoms with van der Waals surface area (Å²) in [4.78, 5) is 2.45. The Morgan fingerprint density at radius 2 is 1.84 bits per heavy atom. The number of hydrogen-bond acceptors (Lipinski definition) is 2. The quantitative estimate of drug-likeness (QED) is 0.823. The fourth-order valence-corrected chi connectivity index (χ4v) is 3.76. The third-order valence-electron chi connectivity index (χ3n) is 2.99. The Hall–Kier alpha value is -0.770. The highest BCUT2D eigenvalue weighted by atomic mass is 79.9. The molecule has 2 aromatic rings. The van der Waals surface area contributed by atoms with Gasteiger partial charge in [-0.3, -0.25) is 0 Å². The van der Waals surface area contributed by atoms with Gasteiger partial charge in [-0.05, 0) is 55.7 Å². The first-order chi connectivity index (χ1) is 8.97. The van der Waals surface area contributed by atoms with Crippen LogP contribution in [0.5, 0.6) is 0 Å². The van der Waals surface area contributed by atoms with E-state index in [0.29, 0.717) is 0 Å². The number of rotatable bonds is 3. The van der Waals surface area contributed by atoms with Gasteiger partial charge >= 0.3 is 0 Å². The molecule has 3 heteroatoms. The van der Waals surface area contributed by atoms with E-state index in [0.717, 1.165) is 10.0 Å². The van der Waals surface area contributed by atoms with Crippen molar-refractivity contribution in [3.8, 4) is 0 Å². The second kappa shape index (κ2) is 6.12. The Labute approximate surface area is 127 Å². The predicted octanol–water partition coefficient (Wildman–Crippen LogP) is 5.27. The number of aliphatic hydroxyl groups is 1. The minimum atomic E-state index is -0.450. The standard InChI is InChI=1S/C16H17BrOS/c1-10-4-5-11(2)16(8-10)19-13-6-7-14(12(3)18)15(17)9-13/h4-9,12,18H,1-3H3/t12-/m1/s1. The number of benzene rings is 2. The van der Waals surface area contributed by atoms with Gasteiger partial charge in [0.1, 0.15) is 0 Å². The summed E-state index contributed by atoms with van der Waals surface area (Å²) in [6.07, 6.45) is -0.450. The zero-order valence-corrected chi connectivity index (χ0v) is 13.7. The maximum absolute atomic E-state index is 9.63. The molecule has 0 aliphatic heterocycles. The molecule has 0 spiro atoms. The Morgan fingerprint density at radius 1 is 1.11 bits per heavy atom. The van der Waals surface area contributed by atoms with E-state index in [2.05, 4.69) is 60.1 Å². The summed E-state index contributed by atoms with van der Waals surface area (Å²) in [5, 5.41) is 9.63. The summed E-state index contributed by atoms with van der Waals surface area (Å²) in [5.41, 5.74) is 3.48.